The van der Waals surface area contributed by atoms with Crippen LogP contribution in [0, 0.1) is 17.8 Å². The first-order chi connectivity index (χ1) is 10.5. The van der Waals surface area contributed by atoms with Crippen molar-refractivity contribution in [3.63, 3.8) is 0 Å². The topological polar surface area (TPSA) is 0 Å². The average molecular weight is 309 g/mol. The molecule has 0 aromatic heterocycles. The molecule has 2 unspecified atom stereocenters. The highest BCUT2D eigenvalue weighted by molar-refractivity contribution is 4.97. The summed E-state index contributed by atoms with van der Waals surface area (Å²) in [4.78, 5) is 0. The second-order valence-electron chi connectivity index (χ2n) is 8.20. The van der Waals surface area contributed by atoms with Gasteiger partial charge in [0.25, 0.3) is 0 Å². The molecule has 22 heavy (non-hydrogen) atoms. The molecule has 0 aliphatic carbocycles. The fourth-order valence-electron chi connectivity index (χ4n) is 3.20. The molecule has 0 aliphatic heterocycles. The van der Waals surface area contributed by atoms with Crippen molar-refractivity contribution in [1.29, 1.82) is 0 Å². The summed E-state index contributed by atoms with van der Waals surface area (Å²) in [7, 11) is 0. The highest BCUT2D eigenvalue weighted by atomic mass is 14.1. The Balaban J connectivity index is 3.54. The lowest BCUT2D eigenvalue weighted by atomic mass is 9.91. The van der Waals surface area contributed by atoms with Crippen LogP contribution in [0.5, 0.6) is 0 Å². The van der Waals surface area contributed by atoms with E-state index < -0.39 is 0 Å². The zero-order valence-electron chi connectivity index (χ0n) is 16.6. The molecule has 0 aromatic rings. The monoisotopic (exact) mass is 308 g/mol. The molecule has 0 fully saturated rings. The van der Waals surface area contributed by atoms with Gasteiger partial charge in [0.2, 0.25) is 0 Å². The van der Waals surface area contributed by atoms with Gasteiger partial charge in [-0.2, -0.15) is 0 Å². The van der Waals surface area contributed by atoms with Crippen molar-refractivity contribution in [2.45, 2.75) is 112 Å². The average Bonchev–Trinajstić information content (AvgIpc) is 2.44. The van der Waals surface area contributed by atoms with Gasteiger partial charge in [-0.15, -0.1) is 0 Å². The smallest absolute Gasteiger partial charge is 0.0323 e. The number of rotatable bonds is 14. The SMILES string of the molecule is CCC/C=C(\C)CCCC(C)CCCC(C)CCCC(C)C. The van der Waals surface area contributed by atoms with E-state index >= 15 is 0 Å². The Kier molecular flexibility index (Phi) is 14.2. The van der Waals surface area contributed by atoms with Gasteiger partial charge in [-0.3, -0.25) is 0 Å². The summed E-state index contributed by atoms with van der Waals surface area (Å²) >= 11 is 0. The van der Waals surface area contributed by atoms with Crippen molar-refractivity contribution in [1.82, 2.24) is 0 Å². The molecule has 0 radical (unpaired) electrons. The van der Waals surface area contributed by atoms with Crippen molar-refractivity contribution in [3.05, 3.63) is 11.6 Å². The summed E-state index contributed by atoms with van der Waals surface area (Å²) in [5.41, 5.74) is 1.60. The Morgan fingerprint density at radius 1 is 0.773 bits per heavy atom. The predicted molar refractivity (Wildman–Crippen MR) is 103 cm³/mol. The number of hydrogen-bond donors (Lipinski definition) is 0. The van der Waals surface area contributed by atoms with Crippen LogP contribution in [-0.2, 0) is 0 Å². The Bertz CT molecular complexity index is 261. The van der Waals surface area contributed by atoms with Crippen LogP contribution in [0.4, 0.5) is 0 Å². The molecule has 0 saturated heterocycles. The summed E-state index contributed by atoms with van der Waals surface area (Å²) in [6, 6.07) is 0. The lowest BCUT2D eigenvalue weighted by Crippen LogP contribution is -2.00. The van der Waals surface area contributed by atoms with E-state index in [1.165, 1.54) is 70.6 Å². The van der Waals surface area contributed by atoms with E-state index in [1.807, 2.05) is 0 Å². The highest BCUT2D eigenvalue weighted by Crippen LogP contribution is 2.22. The third kappa shape index (κ3) is 14.7. The van der Waals surface area contributed by atoms with Gasteiger partial charge < -0.3 is 0 Å². The zero-order chi connectivity index (χ0) is 16.8. The van der Waals surface area contributed by atoms with E-state index in [4.69, 9.17) is 0 Å². The lowest BCUT2D eigenvalue weighted by Gasteiger charge is -2.15. The normalized spacial score (nSPS) is 15.3. The maximum Gasteiger partial charge on any atom is -0.0323 e. The third-order valence-electron chi connectivity index (χ3n) is 4.92. The van der Waals surface area contributed by atoms with Crippen LogP contribution in [-0.4, -0.2) is 0 Å². The highest BCUT2D eigenvalue weighted by Gasteiger charge is 2.06. The molecular weight excluding hydrogens is 264 g/mol. The number of allylic oxidation sites excluding steroid dienone is 2. The summed E-state index contributed by atoms with van der Waals surface area (Å²) in [5, 5.41) is 0. The minimum Gasteiger partial charge on any atom is -0.0856 e. The van der Waals surface area contributed by atoms with Gasteiger partial charge >= 0.3 is 0 Å². The van der Waals surface area contributed by atoms with Crippen LogP contribution in [0.1, 0.15) is 112 Å². The fourth-order valence-corrected chi connectivity index (χ4v) is 3.20. The second-order valence-corrected chi connectivity index (χ2v) is 8.20. The van der Waals surface area contributed by atoms with Crippen molar-refractivity contribution in [3.8, 4) is 0 Å². The van der Waals surface area contributed by atoms with Crippen LogP contribution in [0.25, 0.3) is 0 Å². The van der Waals surface area contributed by atoms with Crippen molar-refractivity contribution in [2.75, 3.05) is 0 Å². The zero-order valence-corrected chi connectivity index (χ0v) is 16.6. The van der Waals surface area contributed by atoms with Crippen LogP contribution in [0.2, 0.25) is 0 Å². The molecule has 0 amide bonds. The lowest BCUT2D eigenvalue weighted by molar-refractivity contribution is 0.389. The van der Waals surface area contributed by atoms with E-state index in [2.05, 4.69) is 47.6 Å². The Hall–Kier alpha value is -0.260. The molecule has 0 saturated carbocycles. The quantitative estimate of drug-likeness (QED) is 0.284. The van der Waals surface area contributed by atoms with E-state index in [0.29, 0.717) is 0 Å². The molecule has 0 rings (SSSR count). The summed E-state index contributed by atoms with van der Waals surface area (Å²) in [5.74, 6) is 2.73. The molecule has 132 valence electrons. The Morgan fingerprint density at radius 2 is 1.27 bits per heavy atom. The fraction of sp³-hybridized carbons (Fsp3) is 0.909. The van der Waals surface area contributed by atoms with E-state index in [9.17, 15) is 0 Å². The first kappa shape index (κ1) is 21.7. The van der Waals surface area contributed by atoms with Crippen molar-refractivity contribution in [2.24, 2.45) is 17.8 Å². The van der Waals surface area contributed by atoms with E-state index in [-0.39, 0.29) is 0 Å². The second kappa shape index (κ2) is 14.3. The number of unbranched alkanes of at least 4 members (excludes halogenated alkanes) is 1. The van der Waals surface area contributed by atoms with Gasteiger partial charge in [0.15, 0.2) is 0 Å². The van der Waals surface area contributed by atoms with Crippen LogP contribution in [0.3, 0.4) is 0 Å². The molecule has 0 aliphatic rings. The van der Waals surface area contributed by atoms with E-state index in [1.54, 1.807) is 5.57 Å². The molecule has 2 atom stereocenters. The first-order valence-corrected chi connectivity index (χ1v) is 10.1. The van der Waals surface area contributed by atoms with Crippen LogP contribution >= 0.6 is 0 Å². The van der Waals surface area contributed by atoms with E-state index in [0.717, 1.165) is 17.8 Å². The first-order valence-electron chi connectivity index (χ1n) is 10.1. The summed E-state index contributed by atoms with van der Waals surface area (Å²) in [6.45, 7) is 14.1. The van der Waals surface area contributed by atoms with Crippen LogP contribution in [0.15, 0.2) is 11.6 Å². The van der Waals surface area contributed by atoms with Gasteiger partial charge in [-0.1, -0.05) is 97.6 Å². The molecule has 0 bridgehead atoms. The minimum absolute atomic E-state index is 0.877. The maximum absolute atomic E-state index is 2.45. The van der Waals surface area contributed by atoms with Crippen molar-refractivity contribution >= 4 is 0 Å². The van der Waals surface area contributed by atoms with Gasteiger partial charge in [0, 0.05) is 0 Å². The number of hydrogen-bond acceptors (Lipinski definition) is 0. The standard InChI is InChI=1S/C22H44/c1-7-8-13-20(4)15-10-17-22(6)18-11-16-21(5)14-9-12-19(2)3/h13,19,21-22H,7-12,14-18H2,1-6H3/b20-13+. The molecule has 0 N–H and O–H groups in total. The summed E-state index contributed by atoms with van der Waals surface area (Å²) in [6.07, 6.45) is 17.7. The molecule has 0 spiro atoms. The molecule has 0 heteroatoms. The molecule has 0 nitrogen and oxygen atoms in total. The minimum atomic E-state index is 0.877. The Labute approximate surface area is 142 Å². The Morgan fingerprint density at radius 3 is 1.77 bits per heavy atom. The van der Waals surface area contributed by atoms with Crippen LogP contribution < -0.4 is 0 Å². The summed E-state index contributed by atoms with van der Waals surface area (Å²) < 4.78 is 0. The van der Waals surface area contributed by atoms with Gasteiger partial charge in [0.1, 0.15) is 0 Å². The molecule has 0 heterocycles. The third-order valence-corrected chi connectivity index (χ3v) is 4.92. The van der Waals surface area contributed by atoms with Gasteiger partial charge in [0.05, 0.1) is 0 Å². The van der Waals surface area contributed by atoms with Crippen molar-refractivity contribution < 1.29 is 0 Å². The molecular formula is C22H44. The molecule has 0 aromatic carbocycles. The maximum atomic E-state index is 2.45. The predicted octanol–water partition coefficient (Wildman–Crippen LogP) is 8.17. The largest absolute Gasteiger partial charge is 0.0856 e. The van der Waals surface area contributed by atoms with Gasteiger partial charge in [-0.25, -0.2) is 0 Å². The van der Waals surface area contributed by atoms with Gasteiger partial charge in [-0.05, 0) is 43.9 Å².